The number of hydrogen-bond acceptors (Lipinski definition) is 3. The zero-order valence-corrected chi connectivity index (χ0v) is 16.0. The van der Waals surface area contributed by atoms with Crippen molar-refractivity contribution in [2.24, 2.45) is 0 Å². The van der Waals surface area contributed by atoms with E-state index in [0.717, 1.165) is 28.3 Å². The van der Waals surface area contributed by atoms with Gasteiger partial charge in [0.25, 0.3) is 0 Å². The lowest BCUT2D eigenvalue weighted by atomic mass is 10.0. The average Bonchev–Trinajstić information content (AvgIpc) is 2.71. The van der Waals surface area contributed by atoms with Crippen molar-refractivity contribution in [2.45, 2.75) is 23.0 Å². The molecule has 0 aromatic heterocycles. The summed E-state index contributed by atoms with van der Waals surface area (Å²) >= 11 is 1.44. The number of thioether (sulfide) groups is 1. The van der Waals surface area contributed by atoms with Crippen LogP contribution in [0.25, 0.3) is 0 Å². The molecular weight excluding hydrogens is 368 g/mol. The first-order valence-electron chi connectivity index (χ1n) is 9.17. The summed E-state index contributed by atoms with van der Waals surface area (Å²) < 4.78 is 0. The normalized spacial score (nSPS) is 15.4. The molecule has 2 N–H and O–H groups in total. The fourth-order valence-corrected chi connectivity index (χ4v) is 4.32. The second-order valence-corrected chi connectivity index (χ2v) is 7.91. The minimum absolute atomic E-state index is 0.128. The molecule has 3 aromatic rings. The molecule has 3 aromatic carbocycles. The molecule has 0 spiro atoms. The maximum atomic E-state index is 12.6. The number of carbonyl (C=O) groups excluding carboxylic acids is 2. The van der Waals surface area contributed by atoms with E-state index in [2.05, 4.69) is 22.8 Å². The van der Waals surface area contributed by atoms with Crippen molar-refractivity contribution in [3.8, 4) is 0 Å². The molecule has 0 fully saturated rings. The smallest absolute Gasteiger partial charge is 0.238 e. The number of nitrogens with one attached hydrogen (secondary N) is 2. The van der Waals surface area contributed by atoms with Gasteiger partial charge in [0.05, 0.1) is 10.9 Å². The van der Waals surface area contributed by atoms with E-state index in [-0.39, 0.29) is 18.2 Å². The Bertz CT molecular complexity index is 1000. The zero-order chi connectivity index (χ0) is 19.3. The van der Waals surface area contributed by atoms with Gasteiger partial charge in [-0.2, -0.15) is 0 Å². The van der Waals surface area contributed by atoms with Crippen LogP contribution >= 0.6 is 11.8 Å². The Morgan fingerprint density at radius 3 is 2.50 bits per heavy atom. The number of rotatable bonds is 5. The van der Waals surface area contributed by atoms with E-state index in [1.807, 2.05) is 66.7 Å². The lowest BCUT2D eigenvalue weighted by molar-refractivity contribution is -0.120. The van der Waals surface area contributed by atoms with E-state index in [1.165, 1.54) is 17.3 Å². The van der Waals surface area contributed by atoms with E-state index in [0.29, 0.717) is 0 Å². The van der Waals surface area contributed by atoms with Gasteiger partial charge >= 0.3 is 0 Å². The monoisotopic (exact) mass is 388 g/mol. The van der Waals surface area contributed by atoms with Crippen molar-refractivity contribution in [3.63, 3.8) is 0 Å². The van der Waals surface area contributed by atoms with E-state index >= 15 is 0 Å². The lowest BCUT2D eigenvalue weighted by Crippen LogP contribution is -2.32. The molecule has 0 bridgehead atoms. The summed E-state index contributed by atoms with van der Waals surface area (Å²) in [7, 11) is 0. The number of para-hydroxylation sites is 2. The van der Waals surface area contributed by atoms with Gasteiger partial charge in [0.1, 0.15) is 0 Å². The molecule has 0 radical (unpaired) electrons. The Labute approximate surface area is 168 Å². The van der Waals surface area contributed by atoms with Crippen molar-refractivity contribution in [2.75, 3.05) is 10.6 Å². The third kappa shape index (κ3) is 4.26. The van der Waals surface area contributed by atoms with Gasteiger partial charge < -0.3 is 10.6 Å². The zero-order valence-electron chi connectivity index (χ0n) is 15.2. The maximum absolute atomic E-state index is 12.6. The third-order valence-corrected chi connectivity index (χ3v) is 5.88. The van der Waals surface area contributed by atoms with E-state index < -0.39 is 5.25 Å². The highest BCUT2D eigenvalue weighted by molar-refractivity contribution is 8.01. The van der Waals surface area contributed by atoms with Crippen LogP contribution in [0.5, 0.6) is 0 Å². The van der Waals surface area contributed by atoms with Crippen molar-refractivity contribution >= 4 is 35.0 Å². The number of carbonyl (C=O) groups is 2. The van der Waals surface area contributed by atoms with Crippen molar-refractivity contribution in [1.82, 2.24) is 0 Å². The van der Waals surface area contributed by atoms with Crippen LogP contribution < -0.4 is 10.6 Å². The molecule has 0 aliphatic carbocycles. The van der Waals surface area contributed by atoms with Crippen LogP contribution in [-0.2, 0) is 16.0 Å². The summed E-state index contributed by atoms with van der Waals surface area (Å²) in [6.45, 7) is 0. The highest BCUT2D eigenvalue weighted by Gasteiger charge is 2.28. The molecule has 0 saturated heterocycles. The molecule has 1 atom stereocenters. The van der Waals surface area contributed by atoms with Gasteiger partial charge in [0.15, 0.2) is 0 Å². The van der Waals surface area contributed by atoms with Gasteiger partial charge in [-0.15, -0.1) is 11.8 Å². The summed E-state index contributed by atoms with van der Waals surface area (Å²) in [6, 6.07) is 25.6. The predicted octanol–water partition coefficient (Wildman–Crippen LogP) is 4.72. The molecule has 140 valence electrons. The number of benzene rings is 3. The second kappa shape index (κ2) is 8.31. The summed E-state index contributed by atoms with van der Waals surface area (Å²) in [5.74, 6) is -0.288. The molecule has 1 heterocycles. The SMILES string of the molecule is O=C(CC1Sc2ccccc2NC1=O)Nc1ccccc1Cc1ccccc1. The fraction of sp³-hybridized carbons (Fsp3) is 0.130. The van der Waals surface area contributed by atoms with Crippen LogP contribution in [0.3, 0.4) is 0 Å². The van der Waals surface area contributed by atoms with Crippen molar-refractivity contribution in [1.29, 1.82) is 0 Å². The Hall–Kier alpha value is -3.05. The lowest BCUT2D eigenvalue weighted by Gasteiger charge is -2.23. The standard InChI is InChI=1S/C23H20N2O2S/c26-22(15-21-23(27)25-19-12-6-7-13-20(19)28-21)24-18-11-5-4-10-17(18)14-16-8-2-1-3-9-16/h1-13,21H,14-15H2,(H,24,26)(H,25,27). The first-order chi connectivity index (χ1) is 13.7. The highest BCUT2D eigenvalue weighted by Crippen LogP contribution is 2.36. The van der Waals surface area contributed by atoms with Crippen molar-refractivity contribution in [3.05, 3.63) is 90.0 Å². The van der Waals surface area contributed by atoms with Crippen LogP contribution in [0.2, 0.25) is 0 Å². The Balaban J connectivity index is 1.44. The third-order valence-electron chi connectivity index (χ3n) is 4.61. The highest BCUT2D eigenvalue weighted by atomic mass is 32.2. The van der Waals surface area contributed by atoms with Gasteiger partial charge in [0, 0.05) is 17.0 Å². The molecule has 5 heteroatoms. The van der Waals surface area contributed by atoms with Gasteiger partial charge in [-0.05, 0) is 35.7 Å². The minimum Gasteiger partial charge on any atom is -0.326 e. The van der Waals surface area contributed by atoms with Gasteiger partial charge in [0.2, 0.25) is 11.8 Å². The van der Waals surface area contributed by atoms with Crippen LogP contribution in [0.15, 0.2) is 83.8 Å². The first kappa shape index (κ1) is 18.3. The van der Waals surface area contributed by atoms with E-state index in [9.17, 15) is 9.59 Å². The van der Waals surface area contributed by atoms with Crippen molar-refractivity contribution < 1.29 is 9.59 Å². The van der Waals surface area contributed by atoms with Gasteiger partial charge in [-0.1, -0.05) is 60.7 Å². The minimum atomic E-state index is -0.434. The number of hydrogen-bond donors (Lipinski definition) is 2. The maximum Gasteiger partial charge on any atom is 0.238 e. The summed E-state index contributed by atoms with van der Waals surface area (Å²) in [5.41, 5.74) is 3.83. The Morgan fingerprint density at radius 1 is 0.929 bits per heavy atom. The number of anilines is 2. The molecule has 28 heavy (non-hydrogen) atoms. The summed E-state index contributed by atoms with van der Waals surface area (Å²) in [5, 5.41) is 5.44. The number of amides is 2. The molecule has 2 amide bonds. The van der Waals surface area contributed by atoms with Crippen LogP contribution in [0.1, 0.15) is 17.5 Å². The summed E-state index contributed by atoms with van der Waals surface area (Å²) in [4.78, 5) is 26.0. The molecule has 1 unspecified atom stereocenters. The van der Waals surface area contributed by atoms with Crippen LogP contribution in [0.4, 0.5) is 11.4 Å². The second-order valence-electron chi connectivity index (χ2n) is 6.66. The predicted molar refractivity (Wildman–Crippen MR) is 114 cm³/mol. The molecule has 1 aliphatic heterocycles. The Kier molecular flexibility index (Phi) is 5.44. The quantitative estimate of drug-likeness (QED) is 0.665. The topological polar surface area (TPSA) is 58.2 Å². The van der Waals surface area contributed by atoms with Crippen LogP contribution in [0, 0.1) is 0 Å². The summed E-state index contributed by atoms with van der Waals surface area (Å²) in [6.07, 6.45) is 0.869. The average molecular weight is 388 g/mol. The van der Waals surface area contributed by atoms with Gasteiger partial charge in [-0.3, -0.25) is 9.59 Å². The number of fused-ring (bicyclic) bond motifs is 1. The largest absolute Gasteiger partial charge is 0.326 e. The van der Waals surface area contributed by atoms with Gasteiger partial charge in [-0.25, -0.2) is 0 Å². The molecule has 4 nitrogen and oxygen atoms in total. The van der Waals surface area contributed by atoms with E-state index in [1.54, 1.807) is 0 Å². The molecule has 4 rings (SSSR count). The van der Waals surface area contributed by atoms with Crippen LogP contribution in [-0.4, -0.2) is 17.1 Å². The fourth-order valence-electron chi connectivity index (χ4n) is 3.21. The molecular formula is C23H20N2O2S. The molecule has 1 aliphatic rings. The Morgan fingerprint density at radius 2 is 1.64 bits per heavy atom. The first-order valence-corrected chi connectivity index (χ1v) is 10.1. The van der Waals surface area contributed by atoms with E-state index in [4.69, 9.17) is 0 Å². The molecule has 0 saturated carbocycles.